The van der Waals surface area contributed by atoms with Gasteiger partial charge >= 0.3 is 12.0 Å². The van der Waals surface area contributed by atoms with E-state index >= 15 is 0 Å². The minimum absolute atomic E-state index is 0.0518. The average Bonchev–Trinajstić information content (AvgIpc) is 2.45. The van der Waals surface area contributed by atoms with Gasteiger partial charge in [0.05, 0.1) is 0 Å². The molecule has 20 heavy (non-hydrogen) atoms. The minimum Gasteiger partial charge on any atom is -0.478 e. The molecule has 1 rings (SSSR count). The zero-order chi connectivity index (χ0) is 15.3. The Labute approximate surface area is 118 Å². The van der Waals surface area contributed by atoms with Gasteiger partial charge in [0.1, 0.15) is 0 Å². The monoisotopic (exact) mass is 282 g/mol. The molecular weight excluding hydrogens is 260 g/mol. The third-order valence-corrected chi connectivity index (χ3v) is 3.80. The molecule has 0 aromatic heterocycles. The second kappa shape index (κ2) is 7.07. The summed E-state index contributed by atoms with van der Waals surface area (Å²) in [4.78, 5) is 36.4. The number of nitrogens with one attached hydrogen (secondary N) is 1. The Bertz CT molecular complexity index is 442. The minimum atomic E-state index is -1.16. The molecule has 1 aliphatic heterocycles. The van der Waals surface area contributed by atoms with Crippen LogP contribution in [0, 0.1) is 0 Å². The third kappa shape index (κ3) is 3.82. The number of hydrogen-bond acceptors (Lipinski definition) is 3. The van der Waals surface area contributed by atoms with Gasteiger partial charge in [-0.2, -0.15) is 0 Å². The van der Waals surface area contributed by atoms with E-state index in [-0.39, 0.29) is 17.2 Å². The number of aliphatic carboxylic acids is 1. The van der Waals surface area contributed by atoms with Crippen LogP contribution in [0.1, 0.15) is 46.5 Å². The summed E-state index contributed by atoms with van der Waals surface area (Å²) in [5, 5.41) is 11.1. The molecule has 112 valence electrons. The topological polar surface area (TPSA) is 86.7 Å². The van der Waals surface area contributed by atoms with Gasteiger partial charge in [0.25, 0.3) is 5.91 Å². The van der Waals surface area contributed by atoms with Gasteiger partial charge in [-0.1, -0.05) is 6.92 Å². The Balaban J connectivity index is 2.72. The van der Waals surface area contributed by atoms with Crippen LogP contribution in [0.15, 0.2) is 11.1 Å². The van der Waals surface area contributed by atoms with Crippen LogP contribution in [-0.4, -0.2) is 40.5 Å². The van der Waals surface area contributed by atoms with Gasteiger partial charge in [-0.3, -0.25) is 10.1 Å². The number of hydrogen-bond donors (Lipinski definition) is 2. The van der Waals surface area contributed by atoms with E-state index in [0.717, 1.165) is 25.7 Å². The lowest BCUT2D eigenvalue weighted by Gasteiger charge is -2.34. The molecule has 0 spiro atoms. The second-order valence-electron chi connectivity index (χ2n) is 5.07. The molecule has 1 unspecified atom stereocenters. The maximum Gasteiger partial charge on any atom is 0.331 e. The molecule has 0 saturated carbocycles. The van der Waals surface area contributed by atoms with E-state index in [9.17, 15) is 14.4 Å². The molecule has 1 fully saturated rings. The molecule has 2 N–H and O–H groups in total. The average molecular weight is 282 g/mol. The molecule has 1 saturated heterocycles. The fourth-order valence-corrected chi connectivity index (χ4v) is 2.29. The van der Waals surface area contributed by atoms with Crippen molar-refractivity contribution in [2.75, 3.05) is 6.54 Å². The highest BCUT2D eigenvalue weighted by atomic mass is 16.4. The number of carbonyl (C=O) groups excluding carboxylic acids is 2. The van der Waals surface area contributed by atoms with Crippen LogP contribution < -0.4 is 5.32 Å². The summed E-state index contributed by atoms with van der Waals surface area (Å²) in [7, 11) is 0. The first kappa shape index (κ1) is 16.2. The molecule has 6 heteroatoms. The molecular formula is C14H22N2O4. The first-order valence-electron chi connectivity index (χ1n) is 6.91. The summed E-state index contributed by atoms with van der Waals surface area (Å²) < 4.78 is 0. The molecule has 3 amide bonds. The van der Waals surface area contributed by atoms with Crippen molar-refractivity contribution >= 4 is 17.9 Å². The van der Waals surface area contributed by atoms with Crippen LogP contribution in [0.3, 0.4) is 0 Å². The molecule has 6 nitrogen and oxygen atoms in total. The Morgan fingerprint density at radius 1 is 1.20 bits per heavy atom. The fraction of sp³-hybridized carbons (Fsp3) is 0.643. The fourth-order valence-electron chi connectivity index (χ4n) is 2.29. The van der Waals surface area contributed by atoms with Crippen molar-refractivity contribution in [3.63, 3.8) is 0 Å². The van der Waals surface area contributed by atoms with Crippen molar-refractivity contribution in [1.82, 2.24) is 10.2 Å². The number of carboxylic acids is 1. The summed E-state index contributed by atoms with van der Waals surface area (Å²) in [5.41, 5.74) is -0.00288. The Morgan fingerprint density at radius 3 is 2.40 bits per heavy atom. The van der Waals surface area contributed by atoms with Gasteiger partial charge in [0, 0.05) is 23.7 Å². The molecule has 0 aromatic rings. The van der Waals surface area contributed by atoms with Crippen LogP contribution in [0.2, 0.25) is 0 Å². The number of carbonyl (C=O) groups is 3. The van der Waals surface area contributed by atoms with Gasteiger partial charge in [-0.15, -0.1) is 0 Å². The number of urea groups is 1. The largest absolute Gasteiger partial charge is 0.478 e. The second-order valence-corrected chi connectivity index (χ2v) is 5.07. The maximum absolute atomic E-state index is 12.1. The Hall–Kier alpha value is -1.85. The number of rotatable bonds is 3. The van der Waals surface area contributed by atoms with Gasteiger partial charge < -0.3 is 10.0 Å². The van der Waals surface area contributed by atoms with Crippen LogP contribution in [0.25, 0.3) is 0 Å². The first-order chi connectivity index (χ1) is 9.38. The van der Waals surface area contributed by atoms with Crippen LogP contribution in [0.4, 0.5) is 4.79 Å². The lowest BCUT2D eigenvalue weighted by atomic mass is 10.0. The molecule has 1 atom stereocenters. The van der Waals surface area contributed by atoms with E-state index in [4.69, 9.17) is 5.11 Å². The molecule has 1 heterocycles. The Morgan fingerprint density at radius 2 is 1.85 bits per heavy atom. The molecule has 0 bridgehead atoms. The summed E-state index contributed by atoms with van der Waals surface area (Å²) in [5.74, 6) is -1.80. The van der Waals surface area contributed by atoms with Crippen molar-refractivity contribution in [3.05, 3.63) is 11.1 Å². The number of imide groups is 1. The zero-order valence-corrected chi connectivity index (χ0v) is 12.2. The van der Waals surface area contributed by atoms with Gasteiger partial charge in [-0.05, 0) is 39.5 Å². The molecule has 0 aromatic carbocycles. The van der Waals surface area contributed by atoms with Gasteiger partial charge in [-0.25, -0.2) is 9.59 Å². The maximum atomic E-state index is 12.1. The molecule has 1 aliphatic rings. The number of carboxylic acid groups (broad SMARTS) is 1. The predicted octanol–water partition coefficient (Wildman–Crippen LogP) is 1.91. The third-order valence-electron chi connectivity index (χ3n) is 3.80. The highest BCUT2D eigenvalue weighted by Gasteiger charge is 2.27. The van der Waals surface area contributed by atoms with E-state index in [2.05, 4.69) is 5.32 Å². The number of likely N-dealkylation sites (tertiary alicyclic amines) is 1. The van der Waals surface area contributed by atoms with Crippen molar-refractivity contribution < 1.29 is 19.5 Å². The lowest BCUT2D eigenvalue weighted by molar-refractivity contribution is -0.133. The smallest absolute Gasteiger partial charge is 0.331 e. The SMILES string of the molecule is CCC1CCCCN1C(=O)NC(=O)C(C)=C(C)C(=O)O. The predicted molar refractivity (Wildman–Crippen MR) is 74.2 cm³/mol. The van der Waals surface area contributed by atoms with Crippen molar-refractivity contribution in [3.8, 4) is 0 Å². The van der Waals surface area contributed by atoms with Gasteiger partial charge in [0.2, 0.25) is 0 Å². The van der Waals surface area contributed by atoms with Gasteiger partial charge in [0.15, 0.2) is 0 Å². The van der Waals surface area contributed by atoms with E-state index in [1.165, 1.54) is 13.8 Å². The zero-order valence-electron chi connectivity index (χ0n) is 12.2. The van der Waals surface area contributed by atoms with E-state index in [1.54, 1.807) is 4.90 Å². The number of piperidine rings is 1. The highest BCUT2D eigenvalue weighted by Crippen LogP contribution is 2.19. The summed E-state index contributed by atoms with van der Waals surface area (Å²) in [6.07, 6.45) is 3.82. The summed E-state index contributed by atoms with van der Waals surface area (Å²) >= 11 is 0. The van der Waals surface area contributed by atoms with Crippen LogP contribution in [-0.2, 0) is 9.59 Å². The van der Waals surface area contributed by atoms with Crippen LogP contribution in [0.5, 0.6) is 0 Å². The van der Waals surface area contributed by atoms with Crippen molar-refractivity contribution in [2.45, 2.75) is 52.5 Å². The standard InChI is InChI=1S/C14H22N2O4/c1-4-11-7-5-6-8-16(11)14(20)15-12(17)9(2)10(3)13(18)19/h11H,4-8H2,1-3H3,(H,18,19)(H,15,17,20). The Kier molecular flexibility index (Phi) is 5.73. The quantitative estimate of drug-likeness (QED) is 0.774. The summed E-state index contributed by atoms with van der Waals surface area (Å²) in [6, 6.07) is -0.277. The van der Waals surface area contributed by atoms with Crippen LogP contribution >= 0.6 is 0 Å². The number of nitrogens with zero attached hydrogens (tertiary/aromatic N) is 1. The molecule has 0 aliphatic carbocycles. The highest BCUT2D eigenvalue weighted by molar-refractivity contribution is 6.07. The van der Waals surface area contributed by atoms with E-state index < -0.39 is 17.9 Å². The van der Waals surface area contributed by atoms with Crippen molar-refractivity contribution in [2.24, 2.45) is 0 Å². The van der Waals surface area contributed by atoms with E-state index in [0.29, 0.717) is 6.54 Å². The van der Waals surface area contributed by atoms with E-state index in [1.807, 2.05) is 6.92 Å². The normalized spacial score (nSPS) is 20.1. The summed E-state index contributed by atoms with van der Waals surface area (Å²) in [6.45, 7) is 5.40. The first-order valence-corrected chi connectivity index (χ1v) is 6.91. The number of amides is 3. The lowest BCUT2D eigenvalue weighted by Crippen LogP contribution is -2.50. The van der Waals surface area contributed by atoms with Crippen molar-refractivity contribution in [1.29, 1.82) is 0 Å². The molecule has 0 radical (unpaired) electrons.